The number of rotatable bonds is 6. The molecule has 1 N–H and O–H groups in total. The molecule has 0 unspecified atom stereocenters. The van der Waals surface area contributed by atoms with Gasteiger partial charge in [0.15, 0.2) is 0 Å². The fraction of sp³-hybridized carbons (Fsp3) is 0.167. The van der Waals surface area contributed by atoms with E-state index >= 15 is 0 Å². The molecule has 0 spiro atoms. The van der Waals surface area contributed by atoms with Crippen molar-refractivity contribution >= 4 is 50.7 Å². The summed E-state index contributed by atoms with van der Waals surface area (Å²) in [5.74, 6) is -0.675. The Morgan fingerprint density at radius 2 is 1.90 bits per heavy atom. The minimum absolute atomic E-state index is 0.116. The SMILES string of the molecule is CCOC(=O)c1c(-c2ccc(C)cc2)csc1NC(=O)Cn1ccc2cc(Cl)ccc21. The van der Waals surface area contributed by atoms with Crippen LogP contribution in [-0.2, 0) is 16.1 Å². The fourth-order valence-corrected chi connectivity index (χ4v) is 4.59. The van der Waals surface area contributed by atoms with Crippen molar-refractivity contribution in [2.45, 2.75) is 20.4 Å². The van der Waals surface area contributed by atoms with E-state index in [4.69, 9.17) is 16.3 Å². The summed E-state index contributed by atoms with van der Waals surface area (Å²) >= 11 is 7.36. The van der Waals surface area contributed by atoms with Gasteiger partial charge in [-0.25, -0.2) is 4.79 Å². The molecule has 0 aliphatic heterocycles. The van der Waals surface area contributed by atoms with Crippen molar-refractivity contribution in [2.24, 2.45) is 0 Å². The first kappa shape index (κ1) is 21.2. The molecule has 0 fully saturated rings. The van der Waals surface area contributed by atoms with E-state index in [1.54, 1.807) is 13.0 Å². The Kier molecular flexibility index (Phi) is 6.11. The third kappa shape index (κ3) is 4.50. The molecule has 2 aromatic carbocycles. The molecule has 0 bridgehead atoms. The van der Waals surface area contributed by atoms with Crippen LogP contribution in [0.15, 0.2) is 60.1 Å². The molecular formula is C24H21ClN2O3S. The van der Waals surface area contributed by atoms with Crippen LogP contribution in [0.3, 0.4) is 0 Å². The Balaban J connectivity index is 1.61. The van der Waals surface area contributed by atoms with E-state index in [1.165, 1.54) is 11.3 Å². The molecule has 7 heteroatoms. The standard InChI is InChI=1S/C24H21ClN2O3S/c1-3-30-24(29)22-19(16-6-4-15(2)5-7-16)14-31-23(22)26-21(28)13-27-11-10-17-12-18(25)8-9-20(17)27/h4-12,14H,3,13H2,1-2H3,(H,26,28). The Bertz CT molecular complexity index is 1260. The highest BCUT2D eigenvalue weighted by Gasteiger charge is 2.23. The molecule has 2 aromatic heterocycles. The molecule has 0 aliphatic rings. The number of ether oxygens (including phenoxy) is 1. The van der Waals surface area contributed by atoms with Gasteiger partial charge in [-0.1, -0.05) is 41.4 Å². The number of halogens is 1. The van der Waals surface area contributed by atoms with Gasteiger partial charge in [0, 0.05) is 33.1 Å². The Morgan fingerprint density at radius 1 is 1.13 bits per heavy atom. The van der Waals surface area contributed by atoms with Crippen LogP contribution < -0.4 is 5.32 Å². The maximum Gasteiger partial charge on any atom is 0.341 e. The summed E-state index contributed by atoms with van der Waals surface area (Å²) in [6.07, 6.45) is 1.85. The monoisotopic (exact) mass is 452 g/mol. The topological polar surface area (TPSA) is 60.3 Å². The molecule has 0 saturated heterocycles. The second kappa shape index (κ2) is 8.96. The number of carbonyl (C=O) groups excluding carboxylic acids is 2. The van der Waals surface area contributed by atoms with E-state index in [0.717, 1.165) is 27.6 Å². The summed E-state index contributed by atoms with van der Waals surface area (Å²) in [5, 5.41) is 6.87. The van der Waals surface area contributed by atoms with E-state index in [1.807, 2.05) is 65.5 Å². The summed E-state index contributed by atoms with van der Waals surface area (Å²) < 4.78 is 7.11. The molecule has 0 atom stereocenters. The van der Waals surface area contributed by atoms with E-state index < -0.39 is 5.97 Å². The third-order valence-corrected chi connectivity index (χ3v) is 6.06. The average molecular weight is 453 g/mol. The molecule has 158 valence electrons. The summed E-state index contributed by atoms with van der Waals surface area (Å²) in [7, 11) is 0. The van der Waals surface area contributed by atoms with Crippen LogP contribution in [0, 0.1) is 6.92 Å². The van der Waals surface area contributed by atoms with E-state index in [2.05, 4.69) is 5.32 Å². The van der Waals surface area contributed by atoms with Crippen molar-refractivity contribution in [1.29, 1.82) is 0 Å². The number of thiophene rings is 1. The smallest absolute Gasteiger partial charge is 0.341 e. The molecule has 4 aromatic rings. The lowest BCUT2D eigenvalue weighted by Gasteiger charge is -2.10. The highest BCUT2D eigenvalue weighted by Crippen LogP contribution is 2.36. The van der Waals surface area contributed by atoms with E-state index in [0.29, 0.717) is 15.6 Å². The van der Waals surface area contributed by atoms with Gasteiger partial charge in [-0.2, -0.15) is 0 Å². The third-order valence-electron chi connectivity index (χ3n) is 4.93. The van der Waals surface area contributed by atoms with Crippen LogP contribution >= 0.6 is 22.9 Å². The first-order chi connectivity index (χ1) is 15.0. The summed E-state index contributed by atoms with van der Waals surface area (Å²) in [6, 6.07) is 15.4. The number of benzene rings is 2. The number of anilines is 1. The Morgan fingerprint density at radius 3 is 2.65 bits per heavy atom. The molecule has 31 heavy (non-hydrogen) atoms. The summed E-state index contributed by atoms with van der Waals surface area (Å²) in [5.41, 5.74) is 4.08. The lowest BCUT2D eigenvalue weighted by Crippen LogP contribution is -2.19. The second-order valence-corrected chi connectivity index (χ2v) is 8.45. The predicted molar refractivity (Wildman–Crippen MR) is 126 cm³/mol. The van der Waals surface area contributed by atoms with Crippen molar-refractivity contribution in [3.05, 3.63) is 76.3 Å². The van der Waals surface area contributed by atoms with Gasteiger partial charge in [0.1, 0.15) is 17.1 Å². The van der Waals surface area contributed by atoms with Crippen LogP contribution in [0.5, 0.6) is 0 Å². The zero-order valence-corrected chi connectivity index (χ0v) is 18.7. The minimum Gasteiger partial charge on any atom is -0.462 e. The number of fused-ring (bicyclic) bond motifs is 1. The summed E-state index contributed by atoms with van der Waals surface area (Å²) in [4.78, 5) is 25.5. The maximum atomic E-state index is 12.8. The van der Waals surface area contributed by atoms with Crippen molar-refractivity contribution < 1.29 is 14.3 Å². The van der Waals surface area contributed by atoms with Crippen molar-refractivity contribution in [3.63, 3.8) is 0 Å². The first-order valence-corrected chi connectivity index (χ1v) is 11.1. The molecule has 5 nitrogen and oxygen atoms in total. The average Bonchev–Trinajstić information content (AvgIpc) is 3.32. The van der Waals surface area contributed by atoms with Gasteiger partial charge >= 0.3 is 5.97 Å². The largest absolute Gasteiger partial charge is 0.462 e. The number of amides is 1. The number of hydrogen-bond donors (Lipinski definition) is 1. The van der Waals surface area contributed by atoms with Crippen LogP contribution in [0.2, 0.25) is 5.02 Å². The van der Waals surface area contributed by atoms with Gasteiger partial charge < -0.3 is 14.6 Å². The van der Waals surface area contributed by atoms with Gasteiger partial charge in [-0.05, 0) is 43.7 Å². The molecule has 1 amide bonds. The lowest BCUT2D eigenvalue weighted by molar-refractivity contribution is -0.116. The molecule has 4 rings (SSSR count). The number of esters is 1. The minimum atomic E-state index is -0.448. The van der Waals surface area contributed by atoms with Crippen molar-refractivity contribution in [1.82, 2.24) is 4.57 Å². The lowest BCUT2D eigenvalue weighted by atomic mass is 10.0. The van der Waals surface area contributed by atoms with Crippen molar-refractivity contribution in [2.75, 3.05) is 11.9 Å². The highest BCUT2D eigenvalue weighted by atomic mass is 35.5. The zero-order valence-electron chi connectivity index (χ0n) is 17.1. The normalized spacial score (nSPS) is 10.9. The van der Waals surface area contributed by atoms with Crippen LogP contribution in [-0.4, -0.2) is 23.1 Å². The predicted octanol–water partition coefficient (Wildman–Crippen LogP) is 6.15. The molecule has 0 saturated carbocycles. The number of carbonyl (C=O) groups is 2. The van der Waals surface area contributed by atoms with Gasteiger partial charge in [0.05, 0.1) is 6.61 Å². The van der Waals surface area contributed by atoms with Crippen LogP contribution in [0.4, 0.5) is 5.00 Å². The number of aryl methyl sites for hydroxylation is 1. The van der Waals surface area contributed by atoms with Crippen LogP contribution in [0.25, 0.3) is 22.0 Å². The number of aromatic nitrogens is 1. The van der Waals surface area contributed by atoms with Gasteiger partial charge in [0.2, 0.25) is 5.91 Å². The number of nitrogens with zero attached hydrogens (tertiary/aromatic N) is 1. The van der Waals surface area contributed by atoms with Gasteiger partial charge in [-0.3, -0.25) is 4.79 Å². The molecule has 0 aliphatic carbocycles. The van der Waals surface area contributed by atoms with Gasteiger partial charge in [0.25, 0.3) is 0 Å². The van der Waals surface area contributed by atoms with Crippen LogP contribution in [0.1, 0.15) is 22.8 Å². The molecule has 0 radical (unpaired) electrons. The van der Waals surface area contributed by atoms with Crippen molar-refractivity contribution in [3.8, 4) is 11.1 Å². The van der Waals surface area contributed by atoms with Gasteiger partial charge in [-0.15, -0.1) is 11.3 Å². The Labute approximate surface area is 189 Å². The molecular weight excluding hydrogens is 432 g/mol. The summed E-state index contributed by atoms with van der Waals surface area (Å²) in [6.45, 7) is 4.14. The van der Waals surface area contributed by atoms with E-state index in [-0.39, 0.29) is 19.1 Å². The second-order valence-electron chi connectivity index (χ2n) is 7.13. The van der Waals surface area contributed by atoms with E-state index in [9.17, 15) is 9.59 Å². The number of nitrogens with one attached hydrogen (secondary N) is 1. The maximum absolute atomic E-state index is 12.8. The molecule has 2 heterocycles. The Hall–Kier alpha value is -3.09. The first-order valence-electron chi connectivity index (χ1n) is 9.86. The fourth-order valence-electron chi connectivity index (χ4n) is 3.43. The zero-order chi connectivity index (χ0) is 22.0. The number of hydrogen-bond acceptors (Lipinski definition) is 4. The quantitative estimate of drug-likeness (QED) is 0.357. The highest BCUT2D eigenvalue weighted by molar-refractivity contribution is 7.15.